The van der Waals surface area contributed by atoms with Crippen molar-refractivity contribution in [1.82, 2.24) is 0 Å². The Kier molecular flexibility index (Phi) is 2.66. The number of benzene rings is 1. The van der Waals surface area contributed by atoms with Gasteiger partial charge in [0.1, 0.15) is 5.82 Å². The highest BCUT2D eigenvalue weighted by Gasteiger charge is 2.34. The molecule has 4 N–H and O–H groups in total. The third kappa shape index (κ3) is 1.95. The number of alkyl halides is 3. The van der Waals surface area contributed by atoms with E-state index in [1.165, 1.54) is 0 Å². The second-order valence-electron chi connectivity index (χ2n) is 2.73. The predicted molar refractivity (Wildman–Crippen MR) is 43.7 cm³/mol. The first-order chi connectivity index (χ1) is 6.36. The van der Waals surface area contributed by atoms with Gasteiger partial charge in [0, 0.05) is 12.2 Å². The fourth-order valence-corrected chi connectivity index (χ4v) is 1.03. The van der Waals surface area contributed by atoms with Gasteiger partial charge < -0.3 is 11.5 Å². The van der Waals surface area contributed by atoms with Gasteiger partial charge in [0.05, 0.1) is 5.56 Å². The van der Waals surface area contributed by atoms with Crippen LogP contribution in [0.2, 0.25) is 0 Å². The maximum Gasteiger partial charge on any atom is 0.419 e. The van der Waals surface area contributed by atoms with E-state index < -0.39 is 17.6 Å². The van der Waals surface area contributed by atoms with E-state index in [1.807, 2.05) is 0 Å². The molecule has 0 radical (unpaired) electrons. The van der Waals surface area contributed by atoms with Crippen molar-refractivity contribution in [3.8, 4) is 0 Å². The molecule has 0 heterocycles. The Hall–Kier alpha value is -1.30. The predicted octanol–water partition coefficient (Wildman–Crippen LogP) is 1.89. The Morgan fingerprint density at radius 3 is 2.21 bits per heavy atom. The highest BCUT2D eigenvalue weighted by atomic mass is 19.4. The summed E-state index contributed by atoms with van der Waals surface area (Å²) in [5.41, 5.74) is 9.07. The van der Waals surface area contributed by atoms with Gasteiger partial charge in [-0.2, -0.15) is 13.2 Å². The number of nitrogen functional groups attached to an aromatic ring is 1. The molecule has 1 rings (SSSR count). The van der Waals surface area contributed by atoms with Gasteiger partial charge in [-0.25, -0.2) is 4.39 Å². The molecule has 1 aromatic carbocycles. The average molecular weight is 208 g/mol. The average Bonchev–Trinajstić information content (AvgIpc) is 2.02. The number of anilines is 1. The van der Waals surface area contributed by atoms with Crippen LogP contribution in [-0.4, -0.2) is 0 Å². The van der Waals surface area contributed by atoms with Gasteiger partial charge in [0.25, 0.3) is 0 Å². The summed E-state index contributed by atoms with van der Waals surface area (Å²) in [7, 11) is 0. The van der Waals surface area contributed by atoms with Gasteiger partial charge in [0.15, 0.2) is 0 Å². The monoisotopic (exact) mass is 208 g/mol. The number of rotatable bonds is 1. The van der Waals surface area contributed by atoms with Crippen LogP contribution in [-0.2, 0) is 12.7 Å². The molecular weight excluding hydrogens is 200 g/mol. The smallest absolute Gasteiger partial charge is 0.398 e. The van der Waals surface area contributed by atoms with E-state index in [9.17, 15) is 17.6 Å². The fourth-order valence-electron chi connectivity index (χ4n) is 1.03. The van der Waals surface area contributed by atoms with Crippen LogP contribution < -0.4 is 11.5 Å². The SMILES string of the molecule is NCc1cc(C(F)(F)F)c(F)cc1N. The lowest BCUT2D eigenvalue weighted by Gasteiger charge is -2.11. The van der Waals surface area contributed by atoms with E-state index in [1.54, 1.807) is 0 Å². The second-order valence-corrected chi connectivity index (χ2v) is 2.73. The molecule has 0 aliphatic heterocycles. The largest absolute Gasteiger partial charge is 0.419 e. The molecule has 78 valence electrons. The summed E-state index contributed by atoms with van der Waals surface area (Å²) in [5, 5.41) is 0. The van der Waals surface area contributed by atoms with Gasteiger partial charge in [-0.15, -0.1) is 0 Å². The van der Waals surface area contributed by atoms with Gasteiger partial charge in [-0.1, -0.05) is 0 Å². The van der Waals surface area contributed by atoms with Gasteiger partial charge in [-0.3, -0.25) is 0 Å². The summed E-state index contributed by atoms with van der Waals surface area (Å²) >= 11 is 0. The zero-order valence-electron chi connectivity index (χ0n) is 7.03. The first-order valence-electron chi connectivity index (χ1n) is 3.71. The van der Waals surface area contributed by atoms with E-state index in [2.05, 4.69) is 0 Å². The van der Waals surface area contributed by atoms with Crippen LogP contribution in [0.1, 0.15) is 11.1 Å². The number of nitrogens with two attached hydrogens (primary N) is 2. The van der Waals surface area contributed by atoms with Crippen LogP contribution in [0.4, 0.5) is 23.2 Å². The topological polar surface area (TPSA) is 52.0 Å². The summed E-state index contributed by atoms with van der Waals surface area (Å²) in [4.78, 5) is 0. The summed E-state index contributed by atoms with van der Waals surface area (Å²) in [5.74, 6) is -1.38. The Morgan fingerprint density at radius 1 is 1.21 bits per heavy atom. The molecule has 2 nitrogen and oxygen atoms in total. The normalized spacial score (nSPS) is 11.8. The Bertz CT molecular complexity index is 346. The molecule has 0 aliphatic rings. The molecule has 0 saturated heterocycles. The summed E-state index contributed by atoms with van der Waals surface area (Å²) in [6.45, 7) is -0.158. The minimum Gasteiger partial charge on any atom is -0.398 e. The molecule has 0 saturated carbocycles. The van der Waals surface area contributed by atoms with Crippen molar-refractivity contribution >= 4 is 5.69 Å². The molecule has 0 unspecified atom stereocenters. The summed E-state index contributed by atoms with van der Waals surface area (Å²) < 4.78 is 49.3. The lowest BCUT2D eigenvalue weighted by molar-refractivity contribution is -0.140. The fraction of sp³-hybridized carbons (Fsp3) is 0.250. The lowest BCUT2D eigenvalue weighted by Crippen LogP contribution is -2.11. The van der Waals surface area contributed by atoms with Crippen molar-refractivity contribution < 1.29 is 17.6 Å². The van der Waals surface area contributed by atoms with Crippen LogP contribution in [0.25, 0.3) is 0 Å². The van der Waals surface area contributed by atoms with E-state index in [0.29, 0.717) is 12.1 Å². The van der Waals surface area contributed by atoms with Crippen molar-refractivity contribution in [2.75, 3.05) is 5.73 Å². The van der Waals surface area contributed by atoms with Crippen LogP contribution in [0.3, 0.4) is 0 Å². The molecule has 0 aliphatic carbocycles. The minimum absolute atomic E-state index is 0.0713. The van der Waals surface area contributed by atoms with Crippen molar-refractivity contribution in [3.05, 3.63) is 29.1 Å². The van der Waals surface area contributed by atoms with Crippen LogP contribution >= 0.6 is 0 Å². The quantitative estimate of drug-likeness (QED) is 0.547. The number of hydrogen-bond donors (Lipinski definition) is 2. The van der Waals surface area contributed by atoms with Crippen LogP contribution in [0.5, 0.6) is 0 Å². The van der Waals surface area contributed by atoms with E-state index in [0.717, 1.165) is 0 Å². The molecule has 0 fully saturated rings. The van der Waals surface area contributed by atoms with Crippen LogP contribution in [0, 0.1) is 5.82 Å². The van der Waals surface area contributed by atoms with E-state index in [4.69, 9.17) is 11.5 Å². The first-order valence-corrected chi connectivity index (χ1v) is 3.71. The maximum atomic E-state index is 12.8. The molecule has 0 amide bonds. The molecule has 6 heteroatoms. The summed E-state index contributed by atoms with van der Waals surface area (Å²) in [6, 6.07) is 1.26. The Morgan fingerprint density at radius 2 is 1.79 bits per heavy atom. The first kappa shape index (κ1) is 10.8. The maximum absolute atomic E-state index is 12.8. The molecule has 0 aromatic heterocycles. The molecular formula is C8H8F4N2. The van der Waals surface area contributed by atoms with E-state index in [-0.39, 0.29) is 17.8 Å². The Balaban J connectivity index is 3.32. The van der Waals surface area contributed by atoms with Gasteiger partial charge in [0.2, 0.25) is 0 Å². The van der Waals surface area contributed by atoms with E-state index >= 15 is 0 Å². The Labute approximate surface area is 77.5 Å². The molecule has 1 aromatic rings. The number of halogens is 4. The minimum atomic E-state index is -4.72. The summed E-state index contributed by atoms with van der Waals surface area (Å²) in [6.07, 6.45) is -4.72. The third-order valence-electron chi connectivity index (χ3n) is 1.75. The van der Waals surface area contributed by atoms with Gasteiger partial charge in [-0.05, 0) is 17.7 Å². The van der Waals surface area contributed by atoms with Crippen molar-refractivity contribution in [3.63, 3.8) is 0 Å². The zero-order chi connectivity index (χ0) is 10.9. The molecule has 0 bridgehead atoms. The van der Waals surface area contributed by atoms with Gasteiger partial charge >= 0.3 is 6.18 Å². The van der Waals surface area contributed by atoms with Crippen molar-refractivity contribution in [1.29, 1.82) is 0 Å². The molecule has 14 heavy (non-hydrogen) atoms. The van der Waals surface area contributed by atoms with Crippen LogP contribution in [0.15, 0.2) is 12.1 Å². The highest BCUT2D eigenvalue weighted by molar-refractivity contribution is 5.49. The lowest BCUT2D eigenvalue weighted by atomic mass is 10.1. The highest BCUT2D eigenvalue weighted by Crippen LogP contribution is 2.33. The second kappa shape index (κ2) is 3.45. The third-order valence-corrected chi connectivity index (χ3v) is 1.75. The van der Waals surface area contributed by atoms with Crippen molar-refractivity contribution in [2.24, 2.45) is 5.73 Å². The molecule has 0 spiro atoms. The zero-order valence-corrected chi connectivity index (χ0v) is 7.03. The standard InChI is InChI=1S/C8H8F4N2/c9-6-2-7(14)4(3-13)1-5(6)8(10,11)12/h1-2H,3,13-14H2. The van der Waals surface area contributed by atoms with Crippen molar-refractivity contribution in [2.45, 2.75) is 12.7 Å². The number of hydrogen-bond acceptors (Lipinski definition) is 2. The molecule has 0 atom stereocenters.